The van der Waals surface area contributed by atoms with Crippen molar-refractivity contribution in [2.24, 2.45) is 0 Å². The van der Waals surface area contributed by atoms with Gasteiger partial charge in [-0.1, -0.05) is 0 Å². The largest absolute Gasteiger partial charge is 0.492 e. The molecule has 112 valence electrons. The van der Waals surface area contributed by atoms with Crippen LogP contribution in [0.15, 0.2) is 18.3 Å². The standard InChI is InChI=1S/C15H25N3O2/c1-15(2,3)18-10-12-7-8-13(11-17-12)20-9-5-6-14(19)16-4/h7-8,11,18H,5-6,9-10H2,1-4H3,(H,16,19). The predicted molar refractivity (Wildman–Crippen MR) is 79.6 cm³/mol. The van der Waals surface area contributed by atoms with Crippen molar-refractivity contribution in [3.05, 3.63) is 24.0 Å². The van der Waals surface area contributed by atoms with Gasteiger partial charge in [-0.05, 0) is 39.3 Å². The number of amides is 1. The number of nitrogens with zero attached hydrogens (tertiary/aromatic N) is 1. The lowest BCUT2D eigenvalue weighted by molar-refractivity contribution is -0.120. The Kier molecular flexibility index (Phi) is 6.45. The summed E-state index contributed by atoms with van der Waals surface area (Å²) >= 11 is 0. The maximum Gasteiger partial charge on any atom is 0.219 e. The Bertz CT molecular complexity index is 410. The summed E-state index contributed by atoms with van der Waals surface area (Å²) < 4.78 is 5.54. The number of ether oxygens (including phenoxy) is 1. The fourth-order valence-corrected chi connectivity index (χ4v) is 1.50. The van der Waals surface area contributed by atoms with Crippen LogP contribution in [0, 0.1) is 0 Å². The van der Waals surface area contributed by atoms with E-state index in [2.05, 4.69) is 36.4 Å². The number of hydrogen-bond donors (Lipinski definition) is 2. The van der Waals surface area contributed by atoms with Crippen LogP contribution in [0.4, 0.5) is 0 Å². The number of aromatic nitrogens is 1. The molecule has 1 aromatic heterocycles. The maximum absolute atomic E-state index is 11.0. The Morgan fingerprint density at radius 1 is 1.35 bits per heavy atom. The van der Waals surface area contributed by atoms with E-state index in [1.165, 1.54) is 0 Å². The van der Waals surface area contributed by atoms with E-state index in [0.29, 0.717) is 19.4 Å². The Hall–Kier alpha value is -1.62. The predicted octanol–water partition coefficient (Wildman–Crippen LogP) is 1.87. The van der Waals surface area contributed by atoms with Crippen LogP contribution in [0.1, 0.15) is 39.3 Å². The topological polar surface area (TPSA) is 63.2 Å². The van der Waals surface area contributed by atoms with Gasteiger partial charge in [0.2, 0.25) is 5.91 Å². The smallest absolute Gasteiger partial charge is 0.219 e. The molecule has 0 radical (unpaired) electrons. The van der Waals surface area contributed by atoms with Gasteiger partial charge in [0.1, 0.15) is 5.75 Å². The van der Waals surface area contributed by atoms with Crippen molar-refractivity contribution in [2.75, 3.05) is 13.7 Å². The van der Waals surface area contributed by atoms with Gasteiger partial charge in [-0.3, -0.25) is 9.78 Å². The van der Waals surface area contributed by atoms with Crippen molar-refractivity contribution in [2.45, 2.75) is 45.7 Å². The quantitative estimate of drug-likeness (QED) is 0.748. The zero-order valence-electron chi connectivity index (χ0n) is 12.8. The fourth-order valence-electron chi connectivity index (χ4n) is 1.50. The van der Waals surface area contributed by atoms with Crippen LogP contribution >= 0.6 is 0 Å². The average Bonchev–Trinajstić information content (AvgIpc) is 2.41. The van der Waals surface area contributed by atoms with E-state index in [1.807, 2.05) is 12.1 Å². The van der Waals surface area contributed by atoms with Gasteiger partial charge in [0.15, 0.2) is 0 Å². The first-order chi connectivity index (χ1) is 9.40. The van der Waals surface area contributed by atoms with Gasteiger partial charge in [0, 0.05) is 25.6 Å². The van der Waals surface area contributed by atoms with Crippen molar-refractivity contribution < 1.29 is 9.53 Å². The van der Waals surface area contributed by atoms with E-state index < -0.39 is 0 Å². The molecule has 0 bridgehead atoms. The van der Waals surface area contributed by atoms with Crippen LogP contribution in [0.2, 0.25) is 0 Å². The SMILES string of the molecule is CNC(=O)CCCOc1ccc(CNC(C)(C)C)nc1. The molecule has 0 unspecified atom stereocenters. The van der Waals surface area contributed by atoms with Gasteiger partial charge in [0.25, 0.3) is 0 Å². The second-order valence-electron chi connectivity index (χ2n) is 5.71. The molecular weight excluding hydrogens is 254 g/mol. The van der Waals surface area contributed by atoms with E-state index >= 15 is 0 Å². The second-order valence-corrected chi connectivity index (χ2v) is 5.71. The van der Waals surface area contributed by atoms with Crippen molar-refractivity contribution in [3.8, 4) is 5.75 Å². The molecule has 5 heteroatoms. The third-order valence-corrected chi connectivity index (χ3v) is 2.69. The first kappa shape index (κ1) is 16.4. The summed E-state index contributed by atoms with van der Waals surface area (Å²) in [6.45, 7) is 7.62. The first-order valence-electron chi connectivity index (χ1n) is 6.94. The van der Waals surface area contributed by atoms with Gasteiger partial charge in [-0.25, -0.2) is 0 Å². The molecule has 2 N–H and O–H groups in total. The van der Waals surface area contributed by atoms with Gasteiger partial charge in [0.05, 0.1) is 18.5 Å². The maximum atomic E-state index is 11.0. The summed E-state index contributed by atoms with van der Waals surface area (Å²) in [4.78, 5) is 15.4. The van der Waals surface area contributed by atoms with Crippen LogP contribution in [0.3, 0.4) is 0 Å². The van der Waals surface area contributed by atoms with Crippen molar-refractivity contribution in [1.82, 2.24) is 15.6 Å². The Labute approximate surface area is 121 Å². The van der Waals surface area contributed by atoms with Gasteiger partial charge in [-0.15, -0.1) is 0 Å². The number of carbonyl (C=O) groups excluding carboxylic acids is 1. The molecule has 0 fully saturated rings. The lowest BCUT2D eigenvalue weighted by atomic mass is 10.1. The van der Waals surface area contributed by atoms with Gasteiger partial charge < -0.3 is 15.4 Å². The number of hydrogen-bond acceptors (Lipinski definition) is 4. The molecule has 0 aromatic carbocycles. The van der Waals surface area contributed by atoms with E-state index in [1.54, 1.807) is 13.2 Å². The van der Waals surface area contributed by atoms with Crippen LogP contribution in [-0.4, -0.2) is 30.1 Å². The molecule has 5 nitrogen and oxygen atoms in total. The highest BCUT2D eigenvalue weighted by Crippen LogP contribution is 2.10. The molecule has 1 heterocycles. The van der Waals surface area contributed by atoms with Crippen molar-refractivity contribution in [1.29, 1.82) is 0 Å². The fraction of sp³-hybridized carbons (Fsp3) is 0.600. The molecule has 0 spiro atoms. The molecule has 0 saturated heterocycles. The lowest BCUT2D eigenvalue weighted by Gasteiger charge is -2.20. The minimum atomic E-state index is 0.0373. The third-order valence-electron chi connectivity index (χ3n) is 2.69. The zero-order chi connectivity index (χ0) is 15.0. The monoisotopic (exact) mass is 279 g/mol. The Balaban J connectivity index is 2.30. The van der Waals surface area contributed by atoms with Crippen LogP contribution in [0.25, 0.3) is 0 Å². The lowest BCUT2D eigenvalue weighted by Crippen LogP contribution is -2.35. The molecule has 0 aliphatic carbocycles. The van der Waals surface area contributed by atoms with E-state index in [4.69, 9.17) is 4.74 Å². The summed E-state index contributed by atoms with van der Waals surface area (Å²) in [7, 11) is 1.64. The summed E-state index contributed by atoms with van der Waals surface area (Å²) in [5, 5.41) is 5.96. The average molecular weight is 279 g/mol. The van der Waals surface area contributed by atoms with Crippen LogP contribution in [0.5, 0.6) is 5.75 Å². The van der Waals surface area contributed by atoms with E-state index in [-0.39, 0.29) is 11.4 Å². The summed E-state index contributed by atoms with van der Waals surface area (Å²) in [5.41, 5.74) is 1.06. The number of rotatable bonds is 7. The van der Waals surface area contributed by atoms with Crippen LogP contribution in [-0.2, 0) is 11.3 Å². The van der Waals surface area contributed by atoms with Gasteiger partial charge in [-0.2, -0.15) is 0 Å². The van der Waals surface area contributed by atoms with Crippen LogP contribution < -0.4 is 15.4 Å². The highest BCUT2D eigenvalue weighted by Gasteiger charge is 2.08. The van der Waals surface area contributed by atoms with E-state index in [9.17, 15) is 4.79 Å². The normalized spacial score (nSPS) is 11.2. The summed E-state index contributed by atoms with van der Waals surface area (Å²) in [6, 6.07) is 3.86. The second kappa shape index (κ2) is 7.85. The zero-order valence-corrected chi connectivity index (χ0v) is 12.8. The molecule has 0 aliphatic rings. The van der Waals surface area contributed by atoms with Crippen molar-refractivity contribution >= 4 is 5.91 Å². The van der Waals surface area contributed by atoms with Gasteiger partial charge >= 0.3 is 0 Å². The molecule has 1 aromatic rings. The Morgan fingerprint density at radius 2 is 2.10 bits per heavy atom. The van der Waals surface area contributed by atoms with E-state index in [0.717, 1.165) is 18.0 Å². The number of pyridine rings is 1. The molecule has 0 saturated carbocycles. The number of nitrogens with one attached hydrogen (secondary N) is 2. The number of carbonyl (C=O) groups is 1. The molecule has 20 heavy (non-hydrogen) atoms. The minimum Gasteiger partial charge on any atom is -0.492 e. The molecule has 0 aliphatic heterocycles. The minimum absolute atomic E-state index is 0.0373. The molecular formula is C15H25N3O2. The molecule has 1 amide bonds. The highest BCUT2D eigenvalue weighted by atomic mass is 16.5. The third kappa shape index (κ3) is 7.09. The molecule has 1 rings (SSSR count). The first-order valence-corrected chi connectivity index (χ1v) is 6.94. The Morgan fingerprint density at radius 3 is 2.65 bits per heavy atom. The van der Waals surface area contributed by atoms with Crippen molar-refractivity contribution in [3.63, 3.8) is 0 Å². The summed E-state index contributed by atoms with van der Waals surface area (Å²) in [6.07, 6.45) is 2.91. The molecule has 0 atom stereocenters. The highest BCUT2D eigenvalue weighted by molar-refractivity contribution is 5.75. The summed E-state index contributed by atoms with van der Waals surface area (Å²) in [5.74, 6) is 0.775.